The van der Waals surface area contributed by atoms with Crippen LogP contribution in [0.1, 0.15) is 88.3 Å². The molecule has 24 nitrogen and oxygen atoms in total. The van der Waals surface area contributed by atoms with Crippen molar-refractivity contribution in [1.82, 2.24) is 24.4 Å². The minimum atomic E-state index is -5.77. The van der Waals surface area contributed by atoms with Gasteiger partial charge < -0.3 is 54.4 Å². The first-order valence-electron chi connectivity index (χ1n) is 25.7. The number of aromatic nitrogens is 3. The summed E-state index contributed by atoms with van der Waals surface area (Å²) in [6, 6.07) is 20.9. The maximum Gasteiger partial charge on any atom is 0.490 e. The van der Waals surface area contributed by atoms with Gasteiger partial charge in [-0.2, -0.15) is 17.0 Å². The highest BCUT2D eigenvalue weighted by molar-refractivity contribution is 7.85. The van der Waals surface area contributed by atoms with E-state index in [1.807, 2.05) is 63.3 Å². The number of nitrogens with zero attached hydrogens (tertiary/aromatic N) is 5. The van der Waals surface area contributed by atoms with Gasteiger partial charge in [-0.3, -0.25) is 13.9 Å². The molecule has 81 heavy (non-hydrogen) atoms. The molecule has 0 saturated carbocycles. The van der Waals surface area contributed by atoms with Gasteiger partial charge in [0.25, 0.3) is 10.1 Å². The SMILES string of the molecule is CC[N+](CC)=c1ccc2c(/C=C/C=C3/N(CCCCCC(=O)NCC#Cc4cn([C@H]5C[C@H](O)[C@@H](COP(=O)(O)OP(=O)(O)OP(=O)(O)O)O5)c5ncnc(N)c45)c4ccc(S(=O)(=O)O)cc4C3(C)C)c(C)c(-c3ccccc3)oc-2c1. The molecule has 5 atom stereocenters. The fourth-order valence-corrected chi connectivity index (χ4v) is 13.6. The smallest absolute Gasteiger partial charge is 0.456 e. The average Bonchev–Trinajstić information content (AvgIpc) is 4.24. The number of hydrogen-bond donors (Lipinski definition) is 8. The summed E-state index contributed by atoms with van der Waals surface area (Å²) in [4.78, 5) is 60.2. The Labute approximate surface area is 467 Å². The highest BCUT2D eigenvalue weighted by atomic mass is 32.2. The Morgan fingerprint density at radius 3 is 2.43 bits per heavy atom. The van der Waals surface area contributed by atoms with Crippen molar-refractivity contribution in [1.29, 1.82) is 0 Å². The Bertz CT molecular complexity index is 3790. The topological polar surface area (TPSA) is 349 Å². The number of carbonyl (C=O) groups excluding carboxylic acids is 1. The quantitative estimate of drug-likeness (QED) is 0.0116. The summed E-state index contributed by atoms with van der Waals surface area (Å²) in [6.07, 6.45) is 7.21. The molecule has 2 aromatic heterocycles. The van der Waals surface area contributed by atoms with Crippen LogP contribution < -0.4 is 25.9 Å². The van der Waals surface area contributed by atoms with Gasteiger partial charge in [0.15, 0.2) is 0 Å². The van der Waals surface area contributed by atoms with E-state index in [4.69, 9.17) is 24.7 Å². The van der Waals surface area contributed by atoms with E-state index in [2.05, 4.69) is 87.9 Å². The first kappa shape index (κ1) is 60.9. The highest BCUT2D eigenvalue weighted by Crippen LogP contribution is 2.66. The molecule has 8 rings (SSSR count). The third kappa shape index (κ3) is 14.4. The van der Waals surface area contributed by atoms with Crippen LogP contribution in [0.5, 0.6) is 0 Å². The number of aliphatic hydroxyl groups is 1. The Morgan fingerprint density at radius 2 is 1.73 bits per heavy atom. The van der Waals surface area contributed by atoms with Crippen LogP contribution in [-0.4, -0.2) is 103 Å². The standard InChI is InChI=1S/C53H62N7O17P3S/c1-6-58(7-2)37-22-24-40-39(34(3)50(75-44(40)28-37)35-16-10-8-11-17-35)19-14-20-46-53(4,5)41-29-38(81(70,71)72)23-25-42(41)59(46)27-13-9-12-21-47(62)55-26-15-18-36-31-60(52-49(36)51(54)56-33-57-52)48-30-43(61)45(74-48)32-73-79(66,67)77-80(68,69)76-78(63,64)65/h8,10-11,14,16-17,19-20,22-25,28-29,31,33,43,45,48,61H,6-7,9,12-13,21,26-27,30,32H2,1-5H3,(H7-,54,55,56,57,62,63,64,65,66,67,68,69,70,71,72)/p+1/t43-,45+,48+/m0/s1. The minimum Gasteiger partial charge on any atom is -0.456 e. The average molecular weight is 1200 g/mol. The van der Waals surface area contributed by atoms with Gasteiger partial charge in [-0.15, -0.1) is 0 Å². The number of phosphoric acid groups is 3. The Morgan fingerprint density at radius 1 is 0.988 bits per heavy atom. The van der Waals surface area contributed by atoms with Crippen molar-refractivity contribution in [2.75, 3.05) is 43.4 Å². The fourth-order valence-electron chi connectivity index (χ4n) is 10.0. The third-order valence-corrected chi connectivity index (χ3v) is 18.6. The van der Waals surface area contributed by atoms with E-state index < -0.39 is 64.0 Å². The van der Waals surface area contributed by atoms with Crippen molar-refractivity contribution < 1.29 is 78.4 Å². The van der Waals surface area contributed by atoms with Gasteiger partial charge in [0.1, 0.15) is 54.7 Å². The number of amides is 1. The molecule has 28 heteroatoms. The van der Waals surface area contributed by atoms with E-state index in [-0.39, 0.29) is 41.7 Å². The Balaban J connectivity index is 0.921. The van der Waals surface area contributed by atoms with Crippen molar-refractivity contribution >= 4 is 68.1 Å². The molecule has 1 fully saturated rings. The molecule has 9 N–H and O–H groups in total. The highest BCUT2D eigenvalue weighted by Gasteiger charge is 2.44. The predicted molar refractivity (Wildman–Crippen MR) is 300 cm³/mol. The second-order valence-corrected chi connectivity index (χ2v) is 25.5. The van der Waals surface area contributed by atoms with E-state index in [9.17, 15) is 46.4 Å². The zero-order valence-corrected chi connectivity index (χ0v) is 48.3. The van der Waals surface area contributed by atoms with Crippen molar-refractivity contribution in [3.05, 3.63) is 125 Å². The Hall–Kier alpha value is -6.16. The summed E-state index contributed by atoms with van der Waals surface area (Å²) in [5, 5.41) is 14.9. The molecule has 2 unspecified atom stereocenters. The van der Waals surface area contributed by atoms with E-state index in [1.165, 1.54) is 29.2 Å². The van der Waals surface area contributed by atoms with Crippen LogP contribution in [0.2, 0.25) is 0 Å². The summed E-state index contributed by atoms with van der Waals surface area (Å²) < 4.78 is 98.1. The van der Waals surface area contributed by atoms with Gasteiger partial charge in [-0.1, -0.05) is 74.6 Å². The number of rotatable bonds is 21. The lowest BCUT2D eigenvalue weighted by Crippen LogP contribution is -2.29. The van der Waals surface area contributed by atoms with Crippen molar-refractivity contribution in [3.63, 3.8) is 0 Å². The lowest BCUT2D eigenvalue weighted by molar-refractivity contribution is -0.120. The molecule has 432 valence electrons. The largest absolute Gasteiger partial charge is 0.490 e. The van der Waals surface area contributed by atoms with E-state index in [1.54, 1.807) is 6.07 Å². The second kappa shape index (κ2) is 24.7. The number of hydrogen-bond acceptors (Lipinski definition) is 16. The lowest BCUT2D eigenvalue weighted by Gasteiger charge is -2.27. The van der Waals surface area contributed by atoms with Gasteiger partial charge in [0.2, 0.25) is 11.3 Å². The van der Waals surface area contributed by atoms with Gasteiger partial charge in [0.05, 0.1) is 41.2 Å². The number of anilines is 2. The van der Waals surface area contributed by atoms with Crippen LogP contribution in [0.15, 0.2) is 106 Å². The predicted octanol–water partition coefficient (Wildman–Crippen LogP) is 7.16. The van der Waals surface area contributed by atoms with Gasteiger partial charge >= 0.3 is 23.5 Å². The van der Waals surface area contributed by atoms with Gasteiger partial charge in [0, 0.05) is 65.1 Å². The molecule has 0 spiro atoms. The van der Waals surface area contributed by atoms with E-state index >= 15 is 0 Å². The normalized spacial score (nSPS) is 19.2. The number of nitrogen functional groups attached to an aromatic ring is 1. The fraction of sp³-hybridized carbons (Fsp3) is 0.358. The first-order valence-corrected chi connectivity index (χ1v) is 31.6. The summed E-state index contributed by atoms with van der Waals surface area (Å²) in [5.74, 6) is 7.20. The summed E-state index contributed by atoms with van der Waals surface area (Å²) in [7, 11) is -21.4. The van der Waals surface area contributed by atoms with Crippen LogP contribution in [-0.2, 0) is 51.9 Å². The number of aliphatic hydroxyl groups excluding tert-OH is 1. The molecular formula is C53H63N7O17P3S+. The molecule has 0 bridgehead atoms. The van der Waals surface area contributed by atoms with Crippen molar-refractivity contribution in [2.24, 2.45) is 0 Å². The number of carbonyl (C=O) groups is 1. The second-order valence-electron chi connectivity index (χ2n) is 19.6. The number of benzene rings is 3. The van der Waals surface area contributed by atoms with Crippen LogP contribution in [0.25, 0.3) is 39.8 Å². The third-order valence-electron chi connectivity index (χ3n) is 13.9. The van der Waals surface area contributed by atoms with Crippen molar-refractivity contribution in [2.45, 2.75) is 95.5 Å². The first-order chi connectivity index (χ1) is 38.2. The van der Waals surface area contributed by atoms with Gasteiger partial charge in [-0.25, -0.2) is 28.2 Å². The van der Waals surface area contributed by atoms with Gasteiger partial charge in [-0.05, 0) is 75.1 Å². The molecule has 0 radical (unpaired) electrons. The molecule has 2 aromatic carbocycles. The monoisotopic (exact) mass is 1190 g/mol. The molecule has 4 aliphatic rings. The van der Waals surface area contributed by atoms with Crippen LogP contribution in [0.3, 0.4) is 0 Å². The number of unbranched alkanes of at least 4 members (excludes halogenated alkanes) is 2. The van der Waals surface area contributed by atoms with Crippen LogP contribution >= 0.6 is 23.5 Å². The number of nitrogens with one attached hydrogen (secondary N) is 1. The summed E-state index contributed by atoms with van der Waals surface area (Å²) >= 11 is 0. The van der Waals surface area contributed by atoms with Crippen molar-refractivity contribution in [3.8, 4) is 34.5 Å². The molecular weight excluding hydrogens is 1130 g/mol. The minimum absolute atomic E-state index is 0.0364. The maximum absolute atomic E-state index is 13.1. The molecule has 1 amide bonds. The zero-order chi connectivity index (χ0) is 58.7. The summed E-state index contributed by atoms with van der Waals surface area (Å²) in [6.45, 7) is 11.6. The van der Waals surface area contributed by atoms with E-state index in [0.717, 1.165) is 69.2 Å². The summed E-state index contributed by atoms with van der Waals surface area (Å²) in [5.41, 5.74) is 12.4. The number of phosphoric ester groups is 1. The lowest BCUT2D eigenvalue weighted by atomic mass is 9.83. The molecule has 5 heterocycles. The van der Waals surface area contributed by atoms with Crippen LogP contribution in [0.4, 0.5) is 11.5 Å². The molecule has 1 saturated heterocycles. The zero-order valence-electron chi connectivity index (χ0n) is 44.8. The Kier molecular flexibility index (Phi) is 18.6. The van der Waals surface area contributed by atoms with E-state index in [0.29, 0.717) is 36.8 Å². The number of allylic oxidation sites excluding steroid dienone is 3. The maximum atomic E-state index is 13.1. The number of fused-ring (bicyclic) bond motifs is 3. The number of nitrogens with two attached hydrogens (primary N) is 1. The molecule has 4 aromatic rings. The molecule has 1 aliphatic carbocycles. The van der Waals surface area contributed by atoms with Crippen LogP contribution in [0, 0.1) is 18.8 Å². The molecule has 3 aliphatic heterocycles. The number of ether oxygens (including phenoxy) is 1.